The van der Waals surface area contributed by atoms with Crippen molar-refractivity contribution in [1.29, 1.82) is 0 Å². The number of hydrogen-bond donors (Lipinski definition) is 1. The molecule has 1 aliphatic heterocycles. The molecule has 1 N–H and O–H groups in total. The fourth-order valence-corrected chi connectivity index (χ4v) is 5.13. The molecule has 2 aromatic heterocycles. The number of ether oxygens (including phenoxy) is 1. The monoisotopic (exact) mass is 513 g/mol. The van der Waals surface area contributed by atoms with E-state index in [4.69, 9.17) is 9.84 Å². The average molecular weight is 514 g/mol. The van der Waals surface area contributed by atoms with E-state index in [0.29, 0.717) is 11.7 Å². The fraction of sp³-hybridized carbons (Fsp3) is 0.367. The second-order valence-electron chi connectivity index (χ2n) is 10.4. The molecule has 0 bridgehead atoms. The SMILES string of the molecule is CC(C)c1nn(-c2cccc(N(C)C)c2)c2nc(C(=O)O)cc(-c3ccc(N(C)C4CCOCC4)cc3)c12. The zero-order valence-electron chi connectivity index (χ0n) is 22.7. The molecule has 0 spiro atoms. The molecular formula is C30H35N5O3. The van der Waals surface area contributed by atoms with Crippen LogP contribution in [0.15, 0.2) is 54.6 Å². The van der Waals surface area contributed by atoms with Crippen molar-refractivity contribution in [2.45, 2.75) is 38.6 Å². The van der Waals surface area contributed by atoms with E-state index in [2.05, 4.69) is 55.0 Å². The molecule has 8 heteroatoms. The van der Waals surface area contributed by atoms with Gasteiger partial charge in [0.2, 0.25) is 0 Å². The topological polar surface area (TPSA) is 83.7 Å². The fourth-order valence-electron chi connectivity index (χ4n) is 5.13. The number of carboxylic acid groups (broad SMARTS) is 1. The van der Waals surface area contributed by atoms with Gasteiger partial charge < -0.3 is 19.6 Å². The van der Waals surface area contributed by atoms with E-state index in [1.807, 2.05) is 43.3 Å². The van der Waals surface area contributed by atoms with Crippen molar-refractivity contribution >= 4 is 28.4 Å². The standard InChI is InChI=1S/C30H35N5O3/c1-19(2)28-27-25(20-9-11-21(12-10-20)34(5)22-13-15-38-16-14-22)18-26(30(36)37)31-29(27)35(32-28)24-8-6-7-23(17-24)33(3)4/h6-12,17-19,22H,13-16H2,1-5H3,(H,36,37). The quantitative estimate of drug-likeness (QED) is 0.345. The number of carbonyl (C=O) groups is 1. The van der Waals surface area contributed by atoms with E-state index < -0.39 is 5.97 Å². The first-order valence-electron chi connectivity index (χ1n) is 13.1. The van der Waals surface area contributed by atoms with Gasteiger partial charge in [-0.25, -0.2) is 14.5 Å². The van der Waals surface area contributed by atoms with Gasteiger partial charge in [0.05, 0.1) is 16.8 Å². The minimum absolute atomic E-state index is 0.00359. The maximum atomic E-state index is 12.2. The van der Waals surface area contributed by atoms with Gasteiger partial charge in [-0.15, -0.1) is 0 Å². The molecule has 198 valence electrons. The summed E-state index contributed by atoms with van der Waals surface area (Å²) < 4.78 is 7.30. The zero-order chi connectivity index (χ0) is 27.0. The number of aromatic carboxylic acids is 1. The highest BCUT2D eigenvalue weighted by molar-refractivity contribution is 6.00. The Balaban J connectivity index is 1.66. The summed E-state index contributed by atoms with van der Waals surface area (Å²) in [4.78, 5) is 21.1. The molecule has 0 atom stereocenters. The number of hydrogen-bond acceptors (Lipinski definition) is 6. The van der Waals surface area contributed by atoms with Gasteiger partial charge >= 0.3 is 5.97 Å². The van der Waals surface area contributed by atoms with Crippen molar-refractivity contribution in [3.8, 4) is 16.8 Å². The van der Waals surface area contributed by atoms with Crippen LogP contribution in [0.3, 0.4) is 0 Å². The maximum absolute atomic E-state index is 12.2. The number of carboxylic acids is 1. The number of pyridine rings is 1. The second-order valence-corrected chi connectivity index (χ2v) is 10.4. The molecule has 1 saturated heterocycles. The molecule has 4 aromatic rings. The smallest absolute Gasteiger partial charge is 0.354 e. The van der Waals surface area contributed by atoms with Crippen LogP contribution in [-0.2, 0) is 4.74 Å². The normalized spacial score (nSPS) is 14.3. The average Bonchev–Trinajstić information content (AvgIpc) is 3.33. The summed E-state index contributed by atoms with van der Waals surface area (Å²) in [5, 5.41) is 15.8. The van der Waals surface area contributed by atoms with Crippen molar-refractivity contribution in [2.24, 2.45) is 0 Å². The van der Waals surface area contributed by atoms with E-state index >= 15 is 0 Å². The number of nitrogens with zero attached hydrogens (tertiary/aromatic N) is 5. The van der Waals surface area contributed by atoms with Gasteiger partial charge in [0, 0.05) is 51.8 Å². The lowest BCUT2D eigenvalue weighted by Crippen LogP contribution is -2.36. The number of benzene rings is 2. The molecule has 5 rings (SSSR count). The molecule has 0 aliphatic carbocycles. The van der Waals surface area contributed by atoms with Crippen LogP contribution >= 0.6 is 0 Å². The number of anilines is 2. The second kappa shape index (κ2) is 10.5. The van der Waals surface area contributed by atoms with Crippen LogP contribution in [0.1, 0.15) is 48.8 Å². The van der Waals surface area contributed by atoms with E-state index in [9.17, 15) is 9.90 Å². The molecule has 1 aliphatic rings. The van der Waals surface area contributed by atoms with Gasteiger partial charge in [0.25, 0.3) is 0 Å². The summed E-state index contributed by atoms with van der Waals surface area (Å²) in [6, 6.07) is 18.5. The van der Waals surface area contributed by atoms with Crippen LogP contribution in [-0.4, -0.2) is 66.2 Å². The third kappa shape index (κ3) is 4.84. The Bertz CT molecular complexity index is 1450. The Morgan fingerprint density at radius 3 is 2.37 bits per heavy atom. The summed E-state index contributed by atoms with van der Waals surface area (Å²) in [6.07, 6.45) is 2.02. The largest absolute Gasteiger partial charge is 0.477 e. The van der Waals surface area contributed by atoms with Crippen molar-refractivity contribution < 1.29 is 14.6 Å². The predicted octanol–water partition coefficient (Wildman–Crippen LogP) is 5.59. The van der Waals surface area contributed by atoms with Crippen molar-refractivity contribution in [3.05, 3.63) is 66.0 Å². The van der Waals surface area contributed by atoms with Gasteiger partial charge in [-0.3, -0.25) is 0 Å². The van der Waals surface area contributed by atoms with Crippen LogP contribution in [0.5, 0.6) is 0 Å². The van der Waals surface area contributed by atoms with E-state index in [0.717, 1.165) is 65.3 Å². The van der Waals surface area contributed by atoms with Crippen LogP contribution in [0.2, 0.25) is 0 Å². The Morgan fingerprint density at radius 2 is 1.74 bits per heavy atom. The maximum Gasteiger partial charge on any atom is 0.354 e. The molecule has 8 nitrogen and oxygen atoms in total. The summed E-state index contributed by atoms with van der Waals surface area (Å²) in [5.41, 5.74) is 6.18. The van der Waals surface area contributed by atoms with Gasteiger partial charge in [-0.2, -0.15) is 5.10 Å². The summed E-state index contributed by atoms with van der Waals surface area (Å²) in [5.74, 6) is -0.948. The minimum atomic E-state index is -1.06. The lowest BCUT2D eigenvalue weighted by Gasteiger charge is -2.33. The minimum Gasteiger partial charge on any atom is -0.477 e. The summed E-state index contributed by atoms with van der Waals surface area (Å²) >= 11 is 0. The molecule has 38 heavy (non-hydrogen) atoms. The van der Waals surface area contributed by atoms with Crippen molar-refractivity contribution in [1.82, 2.24) is 14.8 Å². The molecular weight excluding hydrogens is 478 g/mol. The lowest BCUT2D eigenvalue weighted by molar-refractivity contribution is 0.0691. The highest BCUT2D eigenvalue weighted by Crippen LogP contribution is 2.36. The Hall–Kier alpha value is -3.91. The van der Waals surface area contributed by atoms with Crippen LogP contribution in [0.25, 0.3) is 27.8 Å². The number of fused-ring (bicyclic) bond motifs is 1. The van der Waals surface area contributed by atoms with Gasteiger partial charge in [0.1, 0.15) is 0 Å². The lowest BCUT2D eigenvalue weighted by atomic mass is 9.97. The first-order valence-corrected chi connectivity index (χ1v) is 13.1. The van der Waals surface area contributed by atoms with E-state index in [1.54, 1.807) is 10.7 Å². The van der Waals surface area contributed by atoms with E-state index in [1.165, 1.54) is 0 Å². The Kier molecular flexibility index (Phi) is 7.08. The number of rotatable bonds is 7. The molecule has 0 radical (unpaired) electrons. The van der Waals surface area contributed by atoms with Crippen molar-refractivity contribution in [2.75, 3.05) is 44.2 Å². The summed E-state index contributed by atoms with van der Waals surface area (Å²) in [7, 11) is 6.10. The van der Waals surface area contributed by atoms with Gasteiger partial charge in [0.15, 0.2) is 11.3 Å². The van der Waals surface area contributed by atoms with E-state index in [-0.39, 0.29) is 11.6 Å². The summed E-state index contributed by atoms with van der Waals surface area (Å²) in [6.45, 7) is 5.78. The first kappa shape index (κ1) is 25.7. The third-order valence-electron chi connectivity index (χ3n) is 7.35. The van der Waals surface area contributed by atoms with Crippen molar-refractivity contribution in [3.63, 3.8) is 0 Å². The van der Waals surface area contributed by atoms with Gasteiger partial charge in [-0.1, -0.05) is 32.0 Å². The molecule has 3 heterocycles. The Labute approximate surface area is 223 Å². The molecule has 1 fully saturated rings. The highest BCUT2D eigenvalue weighted by Gasteiger charge is 2.24. The molecule has 0 saturated carbocycles. The molecule has 2 aromatic carbocycles. The predicted molar refractivity (Wildman–Crippen MR) is 152 cm³/mol. The van der Waals surface area contributed by atoms with Gasteiger partial charge in [-0.05, 0) is 66.3 Å². The zero-order valence-corrected chi connectivity index (χ0v) is 22.7. The van der Waals surface area contributed by atoms with Crippen LogP contribution in [0, 0.1) is 0 Å². The molecule has 0 unspecified atom stereocenters. The molecule has 0 amide bonds. The van der Waals surface area contributed by atoms with Crippen LogP contribution in [0.4, 0.5) is 11.4 Å². The Morgan fingerprint density at radius 1 is 1.03 bits per heavy atom. The third-order valence-corrected chi connectivity index (χ3v) is 7.35. The highest BCUT2D eigenvalue weighted by atomic mass is 16.5. The van der Waals surface area contributed by atoms with Crippen LogP contribution < -0.4 is 9.80 Å². The first-order chi connectivity index (χ1) is 18.2. The number of aromatic nitrogens is 3.